The monoisotopic (exact) mass is 483 g/mol. The first kappa shape index (κ1) is 25.6. The Balaban J connectivity index is 1.88. The van der Waals surface area contributed by atoms with Crippen molar-refractivity contribution < 1.29 is 36.2 Å². The van der Waals surface area contributed by atoms with Gasteiger partial charge in [-0.25, -0.2) is 0 Å². The van der Waals surface area contributed by atoms with E-state index in [0.29, 0.717) is 42.6 Å². The van der Waals surface area contributed by atoms with E-state index in [1.54, 1.807) is 4.90 Å². The lowest BCUT2D eigenvalue weighted by molar-refractivity contribution is -0.138. The quantitative estimate of drug-likeness (QED) is 0.325. The number of piperidine rings is 1. The van der Waals surface area contributed by atoms with Gasteiger partial charge in [-0.3, -0.25) is 4.79 Å². The van der Waals surface area contributed by atoms with Gasteiger partial charge in [0.2, 0.25) is 5.91 Å². The van der Waals surface area contributed by atoms with E-state index >= 15 is 0 Å². The van der Waals surface area contributed by atoms with Crippen molar-refractivity contribution in [2.24, 2.45) is 5.92 Å². The molecule has 0 atom stereocenters. The van der Waals surface area contributed by atoms with Crippen LogP contribution in [0, 0.1) is 5.92 Å². The predicted octanol–water partition coefficient (Wildman–Crippen LogP) is 5.94. The number of carbonyl (C=O) groups excluding carboxylic acids is 1. The molecule has 1 amide bonds. The fraction of sp³-hybridized carbons (Fsp3) is 0.320. The summed E-state index contributed by atoms with van der Waals surface area (Å²) in [6.45, 7) is 1.08. The summed E-state index contributed by atoms with van der Waals surface area (Å²) in [6.07, 6.45) is -3.43. The van der Waals surface area contributed by atoms with E-state index in [1.165, 1.54) is 42.5 Å². The molecule has 0 aliphatic carbocycles. The standard InChI is InChI=1S/C25H23F6NO2/c26-24(27,28)20-8-4-18(5-9-20)22(19-6-10-21(11-7-19)25(29,30)31)2-1-3-23(34)32-14-12-17(16-33)13-15-32/h1-11,17,33H,12-16H2/b3-1+. The van der Waals surface area contributed by atoms with Crippen molar-refractivity contribution in [1.29, 1.82) is 0 Å². The number of benzene rings is 2. The number of hydrogen-bond donors (Lipinski definition) is 1. The highest BCUT2D eigenvalue weighted by Gasteiger charge is 2.31. The zero-order chi connectivity index (χ0) is 24.9. The molecule has 0 spiro atoms. The van der Waals surface area contributed by atoms with Crippen LogP contribution in [0.4, 0.5) is 26.3 Å². The molecule has 1 fully saturated rings. The minimum Gasteiger partial charge on any atom is -0.396 e. The molecule has 1 saturated heterocycles. The van der Waals surface area contributed by atoms with Gasteiger partial charge in [0.1, 0.15) is 0 Å². The molecule has 0 unspecified atom stereocenters. The van der Waals surface area contributed by atoms with E-state index in [2.05, 4.69) is 0 Å². The first-order chi connectivity index (χ1) is 16.0. The maximum absolute atomic E-state index is 12.9. The van der Waals surface area contributed by atoms with Gasteiger partial charge in [-0.15, -0.1) is 0 Å². The lowest BCUT2D eigenvalue weighted by atomic mass is 9.95. The van der Waals surface area contributed by atoms with E-state index in [1.807, 2.05) is 0 Å². The molecule has 1 aliphatic heterocycles. The molecule has 34 heavy (non-hydrogen) atoms. The minimum absolute atomic E-state index is 0.0736. The number of rotatable bonds is 5. The third-order valence-corrected chi connectivity index (χ3v) is 5.73. The Bertz CT molecular complexity index is 970. The summed E-state index contributed by atoms with van der Waals surface area (Å²) in [7, 11) is 0. The number of aliphatic hydroxyl groups is 1. The summed E-state index contributed by atoms with van der Waals surface area (Å²) in [4.78, 5) is 14.1. The van der Waals surface area contributed by atoms with Gasteiger partial charge in [-0.05, 0) is 59.7 Å². The van der Waals surface area contributed by atoms with Gasteiger partial charge in [0.15, 0.2) is 0 Å². The Kier molecular flexibility index (Phi) is 7.86. The van der Waals surface area contributed by atoms with Crippen LogP contribution < -0.4 is 0 Å². The van der Waals surface area contributed by atoms with Crippen molar-refractivity contribution in [3.05, 3.63) is 89.0 Å². The van der Waals surface area contributed by atoms with Crippen LogP contribution in [-0.2, 0) is 17.1 Å². The maximum Gasteiger partial charge on any atom is 0.416 e. The Morgan fingerprint density at radius 2 is 1.29 bits per heavy atom. The Hall–Kier alpha value is -3.07. The molecule has 1 N–H and O–H groups in total. The lowest BCUT2D eigenvalue weighted by Crippen LogP contribution is -2.38. The topological polar surface area (TPSA) is 40.5 Å². The van der Waals surface area contributed by atoms with Crippen molar-refractivity contribution in [3.8, 4) is 0 Å². The average molecular weight is 483 g/mol. The Morgan fingerprint density at radius 1 is 0.853 bits per heavy atom. The Labute approximate surface area is 193 Å². The average Bonchev–Trinajstić information content (AvgIpc) is 2.81. The number of hydrogen-bond acceptors (Lipinski definition) is 2. The molecule has 3 nitrogen and oxygen atoms in total. The summed E-state index contributed by atoms with van der Waals surface area (Å²) < 4.78 is 77.6. The van der Waals surface area contributed by atoms with E-state index in [-0.39, 0.29) is 18.4 Å². The number of amides is 1. The first-order valence-electron chi connectivity index (χ1n) is 10.6. The van der Waals surface area contributed by atoms with Crippen LogP contribution in [0.1, 0.15) is 35.1 Å². The van der Waals surface area contributed by atoms with Crippen molar-refractivity contribution in [2.45, 2.75) is 25.2 Å². The normalized spacial score (nSPS) is 15.6. The number of alkyl halides is 6. The van der Waals surface area contributed by atoms with Gasteiger partial charge in [-0.2, -0.15) is 26.3 Å². The number of allylic oxidation sites excluding steroid dienone is 2. The fourth-order valence-corrected chi connectivity index (χ4v) is 3.70. The molecule has 0 bridgehead atoms. The van der Waals surface area contributed by atoms with Crippen LogP contribution in [0.25, 0.3) is 5.57 Å². The number of carbonyl (C=O) groups is 1. The molecule has 3 rings (SSSR count). The van der Waals surface area contributed by atoms with Gasteiger partial charge in [0.05, 0.1) is 11.1 Å². The third-order valence-electron chi connectivity index (χ3n) is 5.73. The largest absolute Gasteiger partial charge is 0.416 e. The summed E-state index contributed by atoms with van der Waals surface area (Å²) in [5.41, 5.74) is -0.618. The molecule has 0 saturated carbocycles. The summed E-state index contributed by atoms with van der Waals surface area (Å²) in [5.74, 6) is -0.0919. The van der Waals surface area contributed by atoms with Crippen LogP contribution in [0.2, 0.25) is 0 Å². The molecular weight excluding hydrogens is 460 g/mol. The highest BCUT2D eigenvalue weighted by Crippen LogP contribution is 2.33. The molecular formula is C25H23F6NO2. The summed E-state index contributed by atoms with van der Waals surface area (Å²) in [6, 6.07) is 8.54. The van der Waals surface area contributed by atoms with Crippen LogP contribution in [0.3, 0.4) is 0 Å². The molecule has 0 aromatic heterocycles. The van der Waals surface area contributed by atoms with Crippen LogP contribution in [0.5, 0.6) is 0 Å². The number of halogens is 6. The number of nitrogens with zero attached hydrogens (tertiary/aromatic N) is 1. The van der Waals surface area contributed by atoms with Gasteiger partial charge in [0.25, 0.3) is 0 Å². The molecule has 2 aromatic rings. The van der Waals surface area contributed by atoms with Crippen LogP contribution >= 0.6 is 0 Å². The second-order valence-electron chi connectivity index (χ2n) is 8.04. The van der Waals surface area contributed by atoms with Crippen LogP contribution in [0.15, 0.2) is 66.8 Å². The second kappa shape index (κ2) is 10.5. The first-order valence-corrected chi connectivity index (χ1v) is 10.6. The van der Waals surface area contributed by atoms with Gasteiger partial charge in [0, 0.05) is 25.8 Å². The zero-order valence-electron chi connectivity index (χ0n) is 18.0. The highest BCUT2D eigenvalue weighted by molar-refractivity contribution is 5.89. The van der Waals surface area contributed by atoms with Crippen LogP contribution in [-0.4, -0.2) is 35.6 Å². The van der Waals surface area contributed by atoms with Crippen molar-refractivity contribution in [2.75, 3.05) is 19.7 Å². The number of likely N-dealkylation sites (tertiary alicyclic amines) is 1. The number of aliphatic hydroxyl groups excluding tert-OH is 1. The molecule has 182 valence electrons. The van der Waals surface area contributed by atoms with Gasteiger partial charge >= 0.3 is 12.4 Å². The predicted molar refractivity (Wildman–Crippen MR) is 115 cm³/mol. The zero-order valence-corrected chi connectivity index (χ0v) is 18.0. The van der Waals surface area contributed by atoms with Crippen molar-refractivity contribution in [3.63, 3.8) is 0 Å². The molecule has 1 heterocycles. The van der Waals surface area contributed by atoms with Gasteiger partial charge in [-0.1, -0.05) is 36.4 Å². The van der Waals surface area contributed by atoms with Crippen molar-refractivity contribution in [1.82, 2.24) is 4.90 Å². The second-order valence-corrected chi connectivity index (χ2v) is 8.04. The molecule has 0 radical (unpaired) electrons. The van der Waals surface area contributed by atoms with Crippen molar-refractivity contribution >= 4 is 11.5 Å². The summed E-state index contributed by atoms with van der Waals surface area (Å²) >= 11 is 0. The molecule has 1 aliphatic rings. The lowest BCUT2D eigenvalue weighted by Gasteiger charge is -2.30. The minimum atomic E-state index is -4.52. The molecule has 2 aromatic carbocycles. The third kappa shape index (κ3) is 6.50. The fourth-order valence-electron chi connectivity index (χ4n) is 3.70. The Morgan fingerprint density at radius 3 is 1.68 bits per heavy atom. The van der Waals surface area contributed by atoms with E-state index < -0.39 is 23.5 Å². The smallest absolute Gasteiger partial charge is 0.396 e. The molecule has 9 heteroatoms. The van der Waals surface area contributed by atoms with Gasteiger partial charge < -0.3 is 10.0 Å². The van der Waals surface area contributed by atoms with E-state index in [4.69, 9.17) is 0 Å². The summed E-state index contributed by atoms with van der Waals surface area (Å²) in [5, 5.41) is 9.21. The SMILES string of the molecule is O=C(/C=C/C=C(c1ccc(C(F)(F)F)cc1)c1ccc(C(F)(F)F)cc1)N1CCC(CO)CC1. The maximum atomic E-state index is 12.9. The highest BCUT2D eigenvalue weighted by atomic mass is 19.4. The van der Waals surface area contributed by atoms with E-state index in [0.717, 1.165) is 24.3 Å². The van der Waals surface area contributed by atoms with E-state index in [9.17, 15) is 36.2 Å².